The monoisotopic (exact) mass is 396 g/mol. The third-order valence-electron chi connectivity index (χ3n) is 5.23. The molecule has 2 aliphatic heterocycles. The van der Waals surface area contributed by atoms with Gasteiger partial charge in [-0.15, -0.1) is 0 Å². The molecule has 0 saturated carbocycles. The molecule has 7 heteroatoms. The molecule has 4 rings (SSSR count). The van der Waals surface area contributed by atoms with Gasteiger partial charge in [-0.25, -0.2) is 4.79 Å². The number of hydrogen-bond donors (Lipinski definition) is 0. The number of para-hydroxylation sites is 1. The summed E-state index contributed by atoms with van der Waals surface area (Å²) in [7, 11) is 0. The summed E-state index contributed by atoms with van der Waals surface area (Å²) in [5.74, 6) is 1.37. The van der Waals surface area contributed by atoms with E-state index in [1.54, 1.807) is 34.3 Å². The summed E-state index contributed by atoms with van der Waals surface area (Å²) in [5, 5.41) is 0. The van der Waals surface area contributed by atoms with E-state index in [1.165, 1.54) is 6.08 Å². The number of carbonyl (C=O) groups excluding carboxylic acids is 2. The van der Waals surface area contributed by atoms with Gasteiger partial charge >= 0.3 is 6.09 Å². The lowest BCUT2D eigenvalue weighted by molar-refractivity contribution is -0.127. The highest BCUT2D eigenvalue weighted by Crippen LogP contribution is 2.23. The topological polar surface area (TPSA) is 72.2 Å². The zero-order valence-corrected chi connectivity index (χ0v) is 16.1. The minimum atomic E-state index is -0.297. The average Bonchev–Trinajstić information content (AvgIpc) is 3.41. The molecule has 7 nitrogen and oxygen atoms in total. The van der Waals surface area contributed by atoms with Crippen molar-refractivity contribution in [3.63, 3.8) is 0 Å². The van der Waals surface area contributed by atoms with E-state index >= 15 is 0 Å². The van der Waals surface area contributed by atoms with Gasteiger partial charge in [0.05, 0.1) is 12.8 Å². The van der Waals surface area contributed by atoms with Crippen molar-refractivity contribution in [2.75, 3.05) is 26.2 Å². The van der Waals surface area contributed by atoms with Crippen LogP contribution in [-0.4, -0.2) is 60.2 Å². The maximum absolute atomic E-state index is 12.3. The van der Waals surface area contributed by atoms with Crippen LogP contribution in [0.15, 0.2) is 59.2 Å². The van der Waals surface area contributed by atoms with E-state index in [2.05, 4.69) is 0 Å². The summed E-state index contributed by atoms with van der Waals surface area (Å²) in [4.78, 5) is 28.2. The van der Waals surface area contributed by atoms with E-state index < -0.39 is 0 Å². The second-order valence-electron chi connectivity index (χ2n) is 7.19. The molecule has 1 aromatic carbocycles. The van der Waals surface area contributed by atoms with E-state index in [4.69, 9.17) is 13.9 Å². The molecule has 1 aromatic heterocycles. The maximum atomic E-state index is 12.3. The molecule has 2 aliphatic rings. The Kier molecular flexibility index (Phi) is 5.84. The van der Waals surface area contributed by atoms with Gasteiger partial charge < -0.3 is 23.7 Å². The lowest BCUT2D eigenvalue weighted by Gasteiger charge is -2.35. The molecule has 1 atom stereocenters. The first-order chi connectivity index (χ1) is 14.2. The fraction of sp³-hybridized carbons (Fsp3) is 0.364. The third-order valence-corrected chi connectivity index (χ3v) is 5.23. The number of cyclic esters (lactones) is 1. The molecule has 2 fully saturated rings. The Morgan fingerprint density at radius 1 is 1.14 bits per heavy atom. The normalized spacial score (nSPS) is 20.3. The smallest absolute Gasteiger partial charge is 0.410 e. The quantitative estimate of drug-likeness (QED) is 0.702. The van der Waals surface area contributed by atoms with E-state index in [1.807, 2.05) is 30.3 Å². The van der Waals surface area contributed by atoms with Gasteiger partial charge in [0.2, 0.25) is 5.91 Å². The van der Waals surface area contributed by atoms with Gasteiger partial charge in [0.25, 0.3) is 0 Å². The Morgan fingerprint density at radius 3 is 2.66 bits per heavy atom. The zero-order valence-electron chi connectivity index (χ0n) is 16.1. The Morgan fingerprint density at radius 2 is 1.93 bits per heavy atom. The van der Waals surface area contributed by atoms with Crippen LogP contribution in [0.1, 0.15) is 18.6 Å². The predicted octanol–water partition coefficient (Wildman–Crippen LogP) is 3.18. The molecule has 2 saturated heterocycles. The number of rotatable bonds is 6. The maximum Gasteiger partial charge on any atom is 0.410 e. The van der Waals surface area contributed by atoms with Crippen LogP contribution in [0.2, 0.25) is 0 Å². The van der Waals surface area contributed by atoms with E-state index in [-0.39, 0.29) is 24.1 Å². The number of benzene rings is 1. The first kappa shape index (κ1) is 19.1. The number of hydrogen-bond acceptors (Lipinski definition) is 5. The number of nitrogens with zero attached hydrogens (tertiary/aromatic N) is 2. The van der Waals surface area contributed by atoms with Crippen molar-refractivity contribution in [1.82, 2.24) is 9.80 Å². The lowest BCUT2D eigenvalue weighted by atomic mass is 10.0. The van der Waals surface area contributed by atoms with Crippen molar-refractivity contribution in [2.45, 2.75) is 25.0 Å². The zero-order chi connectivity index (χ0) is 20.1. The number of amides is 2. The Hall–Kier alpha value is -3.22. The Bertz CT molecular complexity index is 841. The van der Waals surface area contributed by atoms with E-state index in [0.29, 0.717) is 32.0 Å². The minimum absolute atomic E-state index is 0.0435. The van der Waals surface area contributed by atoms with Crippen molar-refractivity contribution in [3.8, 4) is 5.75 Å². The highest BCUT2D eigenvalue weighted by atomic mass is 16.6. The Balaban J connectivity index is 1.24. The molecule has 3 heterocycles. The average molecular weight is 396 g/mol. The first-order valence-corrected chi connectivity index (χ1v) is 9.84. The number of carbonyl (C=O) groups is 2. The summed E-state index contributed by atoms with van der Waals surface area (Å²) in [6, 6.07) is 13.2. The molecular weight excluding hydrogens is 372 g/mol. The van der Waals surface area contributed by atoms with Crippen LogP contribution in [0.4, 0.5) is 4.79 Å². The lowest BCUT2D eigenvalue weighted by Crippen LogP contribution is -2.47. The minimum Gasteiger partial charge on any atom is -0.490 e. The fourth-order valence-electron chi connectivity index (χ4n) is 3.68. The molecule has 1 unspecified atom stereocenters. The van der Waals surface area contributed by atoms with Crippen LogP contribution in [-0.2, 0) is 9.53 Å². The Labute approximate surface area is 169 Å². The summed E-state index contributed by atoms with van der Waals surface area (Å²) in [6.07, 6.45) is 5.67. The fourth-order valence-corrected chi connectivity index (χ4v) is 3.68. The number of furan rings is 1. The number of piperidine rings is 1. The van der Waals surface area contributed by atoms with Gasteiger partial charge in [-0.05, 0) is 43.2 Å². The third kappa shape index (κ3) is 4.80. The van der Waals surface area contributed by atoms with Gasteiger partial charge in [0.1, 0.15) is 18.1 Å². The molecule has 0 N–H and O–H groups in total. The SMILES string of the molecule is O=C(/C=C/c1ccco1)N1CCC(N2CC(COc3ccccc3)OC2=O)CC1. The van der Waals surface area contributed by atoms with Gasteiger partial charge in [-0.3, -0.25) is 4.79 Å². The molecule has 0 radical (unpaired) electrons. The summed E-state index contributed by atoms with van der Waals surface area (Å²) in [5.41, 5.74) is 0. The van der Waals surface area contributed by atoms with E-state index in [0.717, 1.165) is 18.6 Å². The second-order valence-corrected chi connectivity index (χ2v) is 7.19. The molecule has 2 aromatic rings. The molecule has 29 heavy (non-hydrogen) atoms. The van der Waals surface area contributed by atoms with Gasteiger partial charge in [-0.1, -0.05) is 18.2 Å². The van der Waals surface area contributed by atoms with Crippen molar-refractivity contribution >= 4 is 18.1 Å². The molecule has 0 bridgehead atoms. The highest BCUT2D eigenvalue weighted by Gasteiger charge is 2.38. The summed E-state index contributed by atoms with van der Waals surface area (Å²) in [6.45, 7) is 2.08. The molecule has 152 valence electrons. The van der Waals surface area contributed by atoms with E-state index in [9.17, 15) is 9.59 Å². The van der Waals surface area contributed by atoms with Crippen LogP contribution < -0.4 is 4.74 Å². The first-order valence-electron chi connectivity index (χ1n) is 9.84. The van der Waals surface area contributed by atoms with Crippen LogP contribution in [0.25, 0.3) is 6.08 Å². The predicted molar refractivity (Wildman–Crippen MR) is 106 cm³/mol. The van der Waals surface area contributed by atoms with Crippen molar-refractivity contribution < 1.29 is 23.5 Å². The largest absolute Gasteiger partial charge is 0.490 e. The summed E-state index contributed by atoms with van der Waals surface area (Å²) < 4.78 is 16.4. The van der Waals surface area contributed by atoms with Gasteiger partial charge in [-0.2, -0.15) is 0 Å². The number of ether oxygens (including phenoxy) is 2. The van der Waals surface area contributed by atoms with Crippen molar-refractivity contribution in [3.05, 3.63) is 60.6 Å². The van der Waals surface area contributed by atoms with Crippen molar-refractivity contribution in [2.24, 2.45) is 0 Å². The van der Waals surface area contributed by atoms with Crippen LogP contribution in [0.5, 0.6) is 5.75 Å². The molecule has 0 aliphatic carbocycles. The number of likely N-dealkylation sites (tertiary alicyclic amines) is 1. The molecular formula is C22H24N2O5. The molecule has 2 amide bonds. The standard InChI is InChI=1S/C22H24N2O5/c25-21(9-8-19-7-4-14-27-19)23-12-10-17(11-13-23)24-15-20(29-22(24)26)16-28-18-5-2-1-3-6-18/h1-9,14,17,20H,10-13,15-16H2/b9-8+. The van der Waals surface area contributed by atoms with Crippen LogP contribution >= 0.6 is 0 Å². The van der Waals surface area contributed by atoms with Gasteiger partial charge in [0, 0.05) is 25.2 Å². The van der Waals surface area contributed by atoms with Crippen molar-refractivity contribution in [1.29, 1.82) is 0 Å². The summed E-state index contributed by atoms with van der Waals surface area (Å²) >= 11 is 0. The second kappa shape index (κ2) is 8.86. The van der Waals surface area contributed by atoms with Crippen LogP contribution in [0.3, 0.4) is 0 Å². The van der Waals surface area contributed by atoms with Crippen LogP contribution in [0, 0.1) is 0 Å². The molecule has 0 spiro atoms. The van der Waals surface area contributed by atoms with Gasteiger partial charge in [0.15, 0.2) is 6.10 Å². The highest BCUT2D eigenvalue weighted by molar-refractivity contribution is 5.91.